The molecule has 0 saturated heterocycles. The van der Waals surface area contributed by atoms with Gasteiger partial charge in [0.2, 0.25) is 0 Å². The van der Waals surface area contributed by atoms with E-state index in [9.17, 15) is 14.4 Å². The van der Waals surface area contributed by atoms with Crippen LogP contribution >= 0.6 is 0 Å². The molecule has 3 aromatic rings. The zero-order valence-corrected chi connectivity index (χ0v) is 16.9. The molecule has 0 aliphatic heterocycles. The third-order valence-corrected chi connectivity index (χ3v) is 4.80. The highest BCUT2D eigenvalue weighted by Gasteiger charge is 2.19. The van der Waals surface area contributed by atoms with Crippen molar-refractivity contribution in [3.8, 4) is 0 Å². The summed E-state index contributed by atoms with van der Waals surface area (Å²) in [6.45, 7) is 7.24. The van der Waals surface area contributed by atoms with Crippen molar-refractivity contribution in [1.82, 2.24) is 5.32 Å². The van der Waals surface area contributed by atoms with Gasteiger partial charge in [-0.15, -0.1) is 0 Å². The number of rotatable bonds is 5. The van der Waals surface area contributed by atoms with Crippen LogP contribution in [0.15, 0.2) is 51.7 Å². The lowest BCUT2D eigenvalue weighted by Crippen LogP contribution is -2.39. The predicted octanol–water partition coefficient (Wildman–Crippen LogP) is 3.58. The van der Waals surface area contributed by atoms with Crippen LogP contribution in [0.4, 0.5) is 0 Å². The standard InChI is InChI=1S/C23H23NO5/c1-13-6-5-7-17(8-13)22(26)24-16(4)23(27)28-12-18-11-21(25)29-20-10-15(3)14(2)9-19(18)20/h5-11,16H,12H2,1-4H3,(H,24,26)/t16-/m0/s1. The van der Waals surface area contributed by atoms with E-state index in [1.807, 2.05) is 32.9 Å². The maximum Gasteiger partial charge on any atom is 0.336 e. The number of fused-ring (bicyclic) bond motifs is 1. The molecule has 1 atom stereocenters. The van der Waals surface area contributed by atoms with E-state index in [1.54, 1.807) is 31.2 Å². The predicted molar refractivity (Wildman–Crippen MR) is 110 cm³/mol. The topological polar surface area (TPSA) is 85.6 Å². The van der Waals surface area contributed by atoms with Gasteiger partial charge in [0.15, 0.2) is 0 Å². The van der Waals surface area contributed by atoms with Crippen molar-refractivity contribution in [1.29, 1.82) is 0 Å². The maximum atomic E-state index is 12.4. The zero-order chi connectivity index (χ0) is 21.1. The summed E-state index contributed by atoms with van der Waals surface area (Å²) >= 11 is 0. The number of amides is 1. The number of aryl methyl sites for hydroxylation is 3. The summed E-state index contributed by atoms with van der Waals surface area (Å²) in [7, 11) is 0. The van der Waals surface area contributed by atoms with Gasteiger partial charge >= 0.3 is 11.6 Å². The van der Waals surface area contributed by atoms with E-state index in [2.05, 4.69) is 5.32 Å². The van der Waals surface area contributed by atoms with Crippen molar-refractivity contribution < 1.29 is 18.7 Å². The van der Waals surface area contributed by atoms with Crippen LogP contribution in [0.25, 0.3) is 11.0 Å². The second-order valence-electron chi connectivity index (χ2n) is 7.20. The molecule has 1 aromatic heterocycles. The molecule has 1 amide bonds. The van der Waals surface area contributed by atoms with Crippen molar-refractivity contribution in [3.63, 3.8) is 0 Å². The quantitative estimate of drug-likeness (QED) is 0.529. The summed E-state index contributed by atoms with van der Waals surface area (Å²) in [5.41, 5.74) is 3.97. The molecule has 6 heteroatoms. The number of esters is 1. The largest absolute Gasteiger partial charge is 0.459 e. The number of ether oxygens (including phenoxy) is 1. The van der Waals surface area contributed by atoms with Crippen LogP contribution in [0, 0.1) is 20.8 Å². The molecule has 0 unspecified atom stereocenters. The van der Waals surface area contributed by atoms with Gasteiger partial charge in [0.1, 0.15) is 18.2 Å². The minimum atomic E-state index is -0.835. The highest BCUT2D eigenvalue weighted by Crippen LogP contribution is 2.22. The van der Waals surface area contributed by atoms with Gasteiger partial charge in [0.05, 0.1) is 0 Å². The van der Waals surface area contributed by atoms with Gasteiger partial charge in [0, 0.05) is 22.6 Å². The highest BCUT2D eigenvalue weighted by atomic mass is 16.5. The van der Waals surface area contributed by atoms with Crippen molar-refractivity contribution in [3.05, 3.63) is 80.7 Å². The Hall–Kier alpha value is -3.41. The fourth-order valence-corrected chi connectivity index (χ4v) is 3.00. The van der Waals surface area contributed by atoms with Crippen molar-refractivity contribution >= 4 is 22.8 Å². The zero-order valence-electron chi connectivity index (χ0n) is 16.9. The van der Waals surface area contributed by atoms with E-state index in [-0.39, 0.29) is 12.5 Å². The van der Waals surface area contributed by atoms with Crippen LogP contribution in [0.1, 0.15) is 39.5 Å². The van der Waals surface area contributed by atoms with Gasteiger partial charge in [-0.1, -0.05) is 17.7 Å². The average molecular weight is 393 g/mol. The number of nitrogens with one attached hydrogen (secondary N) is 1. The Morgan fingerprint density at radius 1 is 1.07 bits per heavy atom. The Kier molecular flexibility index (Phi) is 5.82. The lowest BCUT2D eigenvalue weighted by atomic mass is 10.0. The van der Waals surface area contributed by atoms with Gasteiger partial charge in [-0.25, -0.2) is 9.59 Å². The molecule has 6 nitrogen and oxygen atoms in total. The number of hydrogen-bond donors (Lipinski definition) is 1. The lowest BCUT2D eigenvalue weighted by Gasteiger charge is -2.14. The normalized spacial score (nSPS) is 11.9. The number of carbonyl (C=O) groups excluding carboxylic acids is 2. The molecule has 0 bridgehead atoms. The summed E-state index contributed by atoms with van der Waals surface area (Å²) in [4.78, 5) is 36.5. The van der Waals surface area contributed by atoms with E-state index in [0.717, 1.165) is 22.1 Å². The summed E-state index contributed by atoms with van der Waals surface area (Å²) in [5.74, 6) is -0.939. The fraction of sp³-hybridized carbons (Fsp3) is 0.261. The molecule has 0 aliphatic rings. The first kappa shape index (κ1) is 20.3. The Morgan fingerprint density at radius 3 is 2.52 bits per heavy atom. The van der Waals surface area contributed by atoms with E-state index in [4.69, 9.17) is 9.15 Å². The Balaban J connectivity index is 1.71. The summed E-state index contributed by atoms with van der Waals surface area (Å²) < 4.78 is 10.6. The summed E-state index contributed by atoms with van der Waals surface area (Å²) in [6.07, 6.45) is 0. The second-order valence-corrected chi connectivity index (χ2v) is 7.20. The number of hydrogen-bond acceptors (Lipinski definition) is 5. The van der Waals surface area contributed by atoms with Crippen LogP contribution in [0.3, 0.4) is 0 Å². The lowest BCUT2D eigenvalue weighted by molar-refractivity contribution is -0.146. The third kappa shape index (κ3) is 4.71. The minimum Gasteiger partial charge on any atom is -0.459 e. The van der Waals surface area contributed by atoms with Crippen molar-refractivity contribution in [2.24, 2.45) is 0 Å². The fourth-order valence-electron chi connectivity index (χ4n) is 3.00. The molecule has 0 aliphatic carbocycles. The monoisotopic (exact) mass is 393 g/mol. The summed E-state index contributed by atoms with van der Waals surface area (Å²) in [5, 5.41) is 3.35. The summed E-state index contributed by atoms with van der Waals surface area (Å²) in [6, 6.07) is 11.3. The molecular weight excluding hydrogens is 370 g/mol. The molecule has 3 rings (SSSR count). The molecular formula is C23H23NO5. The number of carbonyl (C=O) groups is 2. The molecule has 1 N–H and O–H groups in total. The van der Waals surface area contributed by atoms with E-state index >= 15 is 0 Å². The molecule has 2 aromatic carbocycles. The Bertz CT molecular complexity index is 1150. The van der Waals surface area contributed by atoms with E-state index in [0.29, 0.717) is 16.7 Å². The molecule has 1 heterocycles. The first-order chi connectivity index (χ1) is 13.7. The first-order valence-corrected chi connectivity index (χ1v) is 9.33. The molecule has 0 fully saturated rings. The molecule has 0 radical (unpaired) electrons. The van der Waals surface area contributed by atoms with Gasteiger partial charge in [-0.3, -0.25) is 4.79 Å². The van der Waals surface area contributed by atoms with E-state index < -0.39 is 17.6 Å². The minimum absolute atomic E-state index is 0.0892. The number of benzene rings is 2. The molecule has 0 saturated carbocycles. The van der Waals surface area contributed by atoms with Crippen molar-refractivity contribution in [2.75, 3.05) is 0 Å². The smallest absolute Gasteiger partial charge is 0.336 e. The van der Waals surface area contributed by atoms with Gasteiger partial charge < -0.3 is 14.5 Å². The Labute approximate surface area is 168 Å². The SMILES string of the molecule is Cc1cccc(C(=O)N[C@@H](C)C(=O)OCc2cc(=O)oc3cc(C)c(C)cc23)c1. The molecule has 0 spiro atoms. The van der Waals surface area contributed by atoms with Gasteiger partial charge in [0.25, 0.3) is 5.91 Å². The highest BCUT2D eigenvalue weighted by molar-refractivity contribution is 5.96. The average Bonchev–Trinajstić information content (AvgIpc) is 2.67. The van der Waals surface area contributed by atoms with Crippen LogP contribution in [0.2, 0.25) is 0 Å². The first-order valence-electron chi connectivity index (χ1n) is 9.33. The van der Waals surface area contributed by atoms with E-state index in [1.165, 1.54) is 6.07 Å². The molecule has 29 heavy (non-hydrogen) atoms. The van der Waals surface area contributed by atoms with Crippen LogP contribution in [-0.4, -0.2) is 17.9 Å². The van der Waals surface area contributed by atoms with Crippen LogP contribution in [-0.2, 0) is 16.1 Å². The van der Waals surface area contributed by atoms with Crippen molar-refractivity contribution in [2.45, 2.75) is 40.3 Å². The molecule has 150 valence electrons. The second kappa shape index (κ2) is 8.31. The maximum absolute atomic E-state index is 12.4. The third-order valence-electron chi connectivity index (χ3n) is 4.80. The van der Waals surface area contributed by atoms with Gasteiger partial charge in [-0.2, -0.15) is 0 Å². The Morgan fingerprint density at radius 2 is 1.79 bits per heavy atom. The van der Waals surface area contributed by atoms with Crippen LogP contribution < -0.4 is 10.9 Å². The van der Waals surface area contributed by atoms with Gasteiger partial charge in [-0.05, 0) is 63.1 Å². The van der Waals surface area contributed by atoms with Crippen LogP contribution in [0.5, 0.6) is 0 Å².